The van der Waals surface area contributed by atoms with Crippen molar-refractivity contribution < 1.29 is 23.7 Å². The molecule has 8 heteroatoms. The van der Waals surface area contributed by atoms with Gasteiger partial charge in [-0.3, -0.25) is 4.79 Å². The summed E-state index contributed by atoms with van der Waals surface area (Å²) in [6.45, 7) is 0.309. The van der Waals surface area contributed by atoms with Gasteiger partial charge in [-0.2, -0.15) is 5.10 Å². The Bertz CT molecular complexity index is 1100. The normalized spacial score (nSPS) is 10.6. The Morgan fingerprint density at radius 3 is 2.31 bits per heavy atom. The Balaban J connectivity index is 1.66. The summed E-state index contributed by atoms with van der Waals surface area (Å²) in [5.41, 5.74) is 4.44. The third-order valence-corrected chi connectivity index (χ3v) is 4.89. The number of carbonyl (C=O) groups excluding carboxylic acids is 1. The number of methoxy groups -OCH3 is 3. The molecule has 0 unspecified atom stereocenters. The summed E-state index contributed by atoms with van der Waals surface area (Å²) in [5.74, 6) is 1.72. The van der Waals surface area contributed by atoms with Crippen molar-refractivity contribution in [2.75, 3.05) is 21.3 Å². The molecule has 0 heterocycles. The molecule has 3 aromatic rings. The van der Waals surface area contributed by atoms with Crippen LogP contribution < -0.4 is 24.4 Å². The highest BCUT2D eigenvalue weighted by atomic mass is 35.5. The van der Waals surface area contributed by atoms with Crippen LogP contribution in [0.25, 0.3) is 0 Å². The van der Waals surface area contributed by atoms with Gasteiger partial charge in [-0.15, -0.1) is 0 Å². The van der Waals surface area contributed by atoms with E-state index in [0.29, 0.717) is 40.2 Å². The van der Waals surface area contributed by atoms with Crippen molar-refractivity contribution in [1.82, 2.24) is 5.43 Å². The van der Waals surface area contributed by atoms with Gasteiger partial charge < -0.3 is 18.9 Å². The summed E-state index contributed by atoms with van der Waals surface area (Å²) in [6, 6.07) is 17.7. The predicted octanol–water partition coefficient (Wildman–Crippen LogP) is 4.71. The zero-order valence-electron chi connectivity index (χ0n) is 17.9. The molecule has 0 aliphatic carbocycles. The minimum Gasteiger partial charge on any atom is -0.497 e. The fraction of sp³-hybridized carbons (Fsp3) is 0.167. The molecule has 3 aromatic carbocycles. The minimum absolute atomic E-state index is 0.309. The highest BCUT2D eigenvalue weighted by Gasteiger charge is 2.10. The Kier molecular flexibility index (Phi) is 7.94. The zero-order chi connectivity index (χ0) is 22.9. The number of nitrogens with one attached hydrogen (secondary N) is 1. The second kappa shape index (κ2) is 11.1. The van der Waals surface area contributed by atoms with Gasteiger partial charge >= 0.3 is 0 Å². The van der Waals surface area contributed by atoms with Crippen LogP contribution in [-0.4, -0.2) is 33.5 Å². The molecule has 0 saturated heterocycles. The monoisotopic (exact) mass is 454 g/mol. The van der Waals surface area contributed by atoms with Gasteiger partial charge in [0.15, 0.2) is 11.5 Å². The van der Waals surface area contributed by atoms with Gasteiger partial charge in [0.1, 0.15) is 18.1 Å². The lowest BCUT2D eigenvalue weighted by atomic mass is 10.2. The Labute approximate surface area is 191 Å². The first-order valence-corrected chi connectivity index (χ1v) is 10.0. The van der Waals surface area contributed by atoms with Crippen LogP contribution in [0.5, 0.6) is 23.0 Å². The molecule has 0 radical (unpaired) electrons. The third kappa shape index (κ3) is 5.92. The third-order valence-electron chi connectivity index (χ3n) is 4.52. The molecule has 7 nitrogen and oxygen atoms in total. The second-order valence-corrected chi connectivity index (χ2v) is 7.00. The number of amides is 1. The number of hydrazone groups is 1. The highest BCUT2D eigenvalue weighted by Crippen LogP contribution is 2.29. The topological polar surface area (TPSA) is 78.4 Å². The number of ether oxygens (including phenoxy) is 4. The molecular formula is C24H23ClN2O5. The van der Waals surface area contributed by atoms with E-state index < -0.39 is 5.91 Å². The summed E-state index contributed by atoms with van der Waals surface area (Å²) < 4.78 is 21.6. The molecule has 166 valence electrons. The molecule has 0 bridgehead atoms. The predicted molar refractivity (Wildman–Crippen MR) is 123 cm³/mol. The Hall–Kier alpha value is -3.71. The average Bonchev–Trinajstić information content (AvgIpc) is 2.83. The van der Waals surface area contributed by atoms with Crippen molar-refractivity contribution >= 4 is 23.7 Å². The fourth-order valence-corrected chi connectivity index (χ4v) is 3.01. The molecule has 0 fully saturated rings. The Morgan fingerprint density at radius 2 is 1.66 bits per heavy atom. The van der Waals surface area contributed by atoms with Crippen molar-refractivity contribution in [3.05, 3.63) is 82.4 Å². The standard InChI is InChI=1S/C24H23ClN2O5/c1-29-19-11-18(12-20(13-19)30-2)24(28)27-26-14-16-8-9-22(23(10-16)31-3)32-15-17-6-4-5-7-21(17)25/h4-14H,15H2,1-3H3,(H,27,28)/b26-14+. The Morgan fingerprint density at radius 1 is 0.938 bits per heavy atom. The molecule has 0 aromatic heterocycles. The van der Waals surface area contributed by atoms with Gasteiger partial charge in [-0.25, -0.2) is 5.43 Å². The van der Waals surface area contributed by atoms with Gasteiger partial charge in [-0.1, -0.05) is 29.8 Å². The minimum atomic E-state index is -0.398. The summed E-state index contributed by atoms with van der Waals surface area (Å²) in [4.78, 5) is 12.4. The van der Waals surface area contributed by atoms with Crippen molar-refractivity contribution in [3.63, 3.8) is 0 Å². The van der Waals surface area contributed by atoms with Crippen LogP contribution >= 0.6 is 11.6 Å². The highest BCUT2D eigenvalue weighted by molar-refractivity contribution is 6.31. The van der Waals surface area contributed by atoms with Gasteiger partial charge in [-0.05, 0) is 42.0 Å². The van der Waals surface area contributed by atoms with Crippen molar-refractivity contribution in [2.45, 2.75) is 6.61 Å². The van der Waals surface area contributed by atoms with E-state index in [0.717, 1.165) is 11.1 Å². The number of nitrogens with zero attached hydrogens (tertiary/aromatic N) is 1. The number of hydrogen-bond donors (Lipinski definition) is 1. The van der Waals surface area contributed by atoms with Crippen LogP contribution in [-0.2, 0) is 6.61 Å². The largest absolute Gasteiger partial charge is 0.497 e. The van der Waals surface area contributed by atoms with Gasteiger partial charge in [0.25, 0.3) is 5.91 Å². The maximum atomic E-state index is 12.4. The summed E-state index contributed by atoms with van der Waals surface area (Å²) in [7, 11) is 4.59. The van der Waals surface area contributed by atoms with Crippen LogP contribution in [0.4, 0.5) is 0 Å². The van der Waals surface area contributed by atoms with Crippen LogP contribution in [0, 0.1) is 0 Å². The lowest BCUT2D eigenvalue weighted by Crippen LogP contribution is -2.17. The fourth-order valence-electron chi connectivity index (χ4n) is 2.82. The number of carbonyl (C=O) groups is 1. The van der Waals surface area contributed by atoms with E-state index in [2.05, 4.69) is 10.5 Å². The van der Waals surface area contributed by atoms with E-state index >= 15 is 0 Å². The van der Waals surface area contributed by atoms with E-state index in [1.807, 2.05) is 24.3 Å². The SMILES string of the molecule is COc1cc(OC)cc(C(=O)N/N=C/c2ccc(OCc3ccccc3Cl)c(OC)c2)c1. The van der Waals surface area contributed by atoms with Crippen molar-refractivity contribution in [3.8, 4) is 23.0 Å². The first kappa shape index (κ1) is 23.0. The van der Waals surface area contributed by atoms with E-state index in [9.17, 15) is 4.79 Å². The van der Waals surface area contributed by atoms with E-state index in [4.69, 9.17) is 30.5 Å². The van der Waals surface area contributed by atoms with Gasteiger partial charge in [0.05, 0.1) is 27.5 Å². The molecule has 1 amide bonds. The van der Waals surface area contributed by atoms with E-state index in [1.54, 1.807) is 43.5 Å². The van der Waals surface area contributed by atoms with Crippen LogP contribution in [0.2, 0.25) is 5.02 Å². The van der Waals surface area contributed by atoms with Crippen LogP contribution in [0.1, 0.15) is 21.5 Å². The maximum Gasteiger partial charge on any atom is 0.271 e. The summed E-state index contributed by atoms with van der Waals surface area (Å²) >= 11 is 6.17. The molecule has 0 saturated carbocycles. The average molecular weight is 455 g/mol. The van der Waals surface area contributed by atoms with Crippen LogP contribution in [0.3, 0.4) is 0 Å². The quantitative estimate of drug-likeness (QED) is 0.374. The summed E-state index contributed by atoms with van der Waals surface area (Å²) in [5, 5.41) is 4.66. The lowest BCUT2D eigenvalue weighted by molar-refractivity contribution is 0.0954. The van der Waals surface area contributed by atoms with Crippen molar-refractivity contribution in [1.29, 1.82) is 0 Å². The maximum absolute atomic E-state index is 12.4. The first-order valence-electron chi connectivity index (χ1n) is 9.64. The van der Waals surface area contributed by atoms with Gasteiger partial charge in [0, 0.05) is 22.2 Å². The van der Waals surface area contributed by atoms with E-state index in [1.165, 1.54) is 20.4 Å². The molecule has 0 atom stereocenters. The number of halogens is 1. The first-order chi connectivity index (χ1) is 15.5. The molecule has 0 aliphatic heterocycles. The number of benzene rings is 3. The molecule has 32 heavy (non-hydrogen) atoms. The molecular weight excluding hydrogens is 432 g/mol. The number of rotatable bonds is 9. The van der Waals surface area contributed by atoms with E-state index in [-0.39, 0.29) is 0 Å². The second-order valence-electron chi connectivity index (χ2n) is 6.59. The molecule has 0 spiro atoms. The van der Waals surface area contributed by atoms with Crippen molar-refractivity contribution in [2.24, 2.45) is 5.10 Å². The molecule has 3 rings (SSSR count). The molecule has 1 N–H and O–H groups in total. The lowest BCUT2D eigenvalue weighted by Gasteiger charge is -2.12. The van der Waals surface area contributed by atoms with Crippen LogP contribution in [0.15, 0.2) is 65.8 Å². The summed E-state index contributed by atoms with van der Waals surface area (Å²) in [6.07, 6.45) is 1.51. The molecule has 0 aliphatic rings. The zero-order valence-corrected chi connectivity index (χ0v) is 18.7. The van der Waals surface area contributed by atoms with Gasteiger partial charge in [0.2, 0.25) is 0 Å². The smallest absolute Gasteiger partial charge is 0.271 e. The number of hydrogen-bond acceptors (Lipinski definition) is 6.